The summed E-state index contributed by atoms with van der Waals surface area (Å²) in [5.41, 5.74) is 12.0. The third kappa shape index (κ3) is 3.67. The van der Waals surface area contributed by atoms with Crippen molar-refractivity contribution in [2.75, 3.05) is 0 Å². The average molecular weight is 257 g/mol. The van der Waals surface area contributed by atoms with Gasteiger partial charge in [-0.15, -0.1) is 0 Å². The van der Waals surface area contributed by atoms with Crippen LogP contribution in [0.15, 0.2) is 52.4 Å². The summed E-state index contributed by atoms with van der Waals surface area (Å²) in [6, 6.07) is 11.2. The van der Waals surface area contributed by atoms with Crippen LogP contribution >= 0.6 is 0 Å². The van der Waals surface area contributed by atoms with Gasteiger partial charge in [0.15, 0.2) is 5.96 Å². The van der Waals surface area contributed by atoms with Gasteiger partial charge in [-0.2, -0.15) is 5.10 Å². The maximum atomic E-state index is 11.9. The molecule has 1 aromatic heterocycles. The van der Waals surface area contributed by atoms with E-state index in [0.717, 1.165) is 5.56 Å². The smallest absolute Gasteiger partial charge is 0.267 e. The summed E-state index contributed by atoms with van der Waals surface area (Å²) < 4.78 is 1.40. The van der Waals surface area contributed by atoms with Gasteiger partial charge in [-0.25, -0.2) is 9.67 Å². The van der Waals surface area contributed by atoms with Gasteiger partial charge in [-0.05, 0) is 11.1 Å². The Kier molecular flexibility index (Phi) is 3.92. The van der Waals surface area contributed by atoms with Crippen LogP contribution in [-0.2, 0) is 13.1 Å². The van der Waals surface area contributed by atoms with E-state index in [4.69, 9.17) is 11.5 Å². The van der Waals surface area contributed by atoms with Gasteiger partial charge in [0.05, 0.1) is 19.3 Å². The third-order valence-electron chi connectivity index (χ3n) is 2.55. The van der Waals surface area contributed by atoms with Crippen molar-refractivity contribution in [2.45, 2.75) is 13.1 Å². The number of aromatic nitrogens is 2. The Morgan fingerprint density at radius 2 is 1.95 bits per heavy atom. The Bertz CT molecular complexity index is 629. The highest BCUT2D eigenvalue weighted by Crippen LogP contribution is 2.00. The second-order valence-corrected chi connectivity index (χ2v) is 4.09. The van der Waals surface area contributed by atoms with Crippen molar-refractivity contribution >= 4 is 5.96 Å². The van der Waals surface area contributed by atoms with Crippen LogP contribution in [0.4, 0.5) is 0 Å². The molecule has 0 fully saturated rings. The molecule has 0 saturated heterocycles. The summed E-state index contributed by atoms with van der Waals surface area (Å²) in [5.74, 6) is -0.00605. The summed E-state index contributed by atoms with van der Waals surface area (Å²) in [5, 5.41) is 4.10. The van der Waals surface area contributed by atoms with E-state index >= 15 is 0 Å². The normalized spacial score (nSPS) is 10.1. The summed E-state index contributed by atoms with van der Waals surface area (Å²) in [4.78, 5) is 15.7. The number of rotatable bonds is 4. The first-order valence-corrected chi connectivity index (χ1v) is 5.80. The minimum absolute atomic E-state index is 0.00605. The zero-order chi connectivity index (χ0) is 13.7. The monoisotopic (exact) mass is 257 g/mol. The highest BCUT2D eigenvalue weighted by Gasteiger charge is 2.01. The second kappa shape index (κ2) is 5.81. The molecular formula is C13H15N5O. The molecule has 6 nitrogen and oxygen atoms in total. The fraction of sp³-hybridized carbons (Fsp3) is 0.154. The van der Waals surface area contributed by atoms with E-state index in [1.807, 2.05) is 30.3 Å². The van der Waals surface area contributed by atoms with E-state index < -0.39 is 0 Å². The van der Waals surface area contributed by atoms with Crippen LogP contribution in [0.1, 0.15) is 11.1 Å². The fourth-order valence-electron chi connectivity index (χ4n) is 1.62. The molecule has 0 unspecified atom stereocenters. The Labute approximate surface area is 110 Å². The number of nitrogens with two attached hydrogens (primary N) is 2. The van der Waals surface area contributed by atoms with E-state index in [1.165, 1.54) is 10.7 Å². The fourth-order valence-corrected chi connectivity index (χ4v) is 1.62. The first-order chi connectivity index (χ1) is 9.15. The summed E-state index contributed by atoms with van der Waals surface area (Å²) in [6.07, 6.45) is 1.59. The molecule has 19 heavy (non-hydrogen) atoms. The van der Waals surface area contributed by atoms with Gasteiger partial charge in [0, 0.05) is 6.07 Å². The maximum absolute atomic E-state index is 11.9. The zero-order valence-corrected chi connectivity index (χ0v) is 10.4. The maximum Gasteiger partial charge on any atom is 0.267 e. The number of benzene rings is 1. The van der Waals surface area contributed by atoms with Gasteiger partial charge in [0.2, 0.25) is 0 Å². The van der Waals surface area contributed by atoms with Gasteiger partial charge in [-0.1, -0.05) is 30.3 Å². The number of hydrogen-bond donors (Lipinski definition) is 2. The lowest BCUT2D eigenvalue weighted by Crippen LogP contribution is -2.24. The Balaban J connectivity index is 2.16. The van der Waals surface area contributed by atoms with Crippen LogP contribution in [0, 0.1) is 0 Å². The zero-order valence-electron chi connectivity index (χ0n) is 10.4. The molecule has 0 aliphatic carbocycles. The molecule has 1 heterocycles. The molecule has 0 radical (unpaired) electrons. The first kappa shape index (κ1) is 12.8. The molecule has 0 aliphatic rings. The van der Waals surface area contributed by atoms with Crippen molar-refractivity contribution in [3.8, 4) is 0 Å². The van der Waals surface area contributed by atoms with Gasteiger partial charge >= 0.3 is 0 Å². The van der Waals surface area contributed by atoms with Crippen molar-refractivity contribution in [2.24, 2.45) is 16.5 Å². The van der Waals surface area contributed by atoms with Crippen molar-refractivity contribution in [1.82, 2.24) is 9.78 Å². The molecule has 0 saturated carbocycles. The molecule has 0 aliphatic heterocycles. The molecular weight excluding hydrogens is 242 g/mol. The van der Waals surface area contributed by atoms with Crippen molar-refractivity contribution in [3.63, 3.8) is 0 Å². The molecule has 1 aromatic carbocycles. The predicted molar refractivity (Wildman–Crippen MR) is 73.6 cm³/mol. The van der Waals surface area contributed by atoms with Crippen molar-refractivity contribution in [1.29, 1.82) is 0 Å². The van der Waals surface area contributed by atoms with Crippen LogP contribution in [0.5, 0.6) is 0 Å². The van der Waals surface area contributed by atoms with Crippen LogP contribution in [0.2, 0.25) is 0 Å². The Hall–Kier alpha value is -2.63. The molecule has 4 N–H and O–H groups in total. The third-order valence-corrected chi connectivity index (χ3v) is 2.55. The number of hydrogen-bond acceptors (Lipinski definition) is 3. The number of nitrogens with zero attached hydrogens (tertiary/aromatic N) is 3. The van der Waals surface area contributed by atoms with Crippen molar-refractivity contribution < 1.29 is 0 Å². The molecule has 0 spiro atoms. The largest absolute Gasteiger partial charge is 0.370 e. The number of guanidine groups is 1. The minimum Gasteiger partial charge on any atom is -0.370 e. The second-order valence-electron chi connectivity index (χ2n) is 4.09. The van der Waals surface area contributed by atoms with Crippen molar-refractivity contribution in [3.05, 3.63) is 64.1 Å². The molecule has 2 rings (SSSR count). The van der Waals surface area contributed by atoms with E-state index in [9.17, 15) is 4.79 Å². The molecule has 2 aromatic rings. The first-order valence-electron chi connectivity index (χ1n) is 5.80. The predicted octanol–water partition coefficient (Wildman–Crippen LogP) is 0.0650. The van der Waals surface area contributed by atoms with E-state index in [1.54, 1.807) is 6.20 Å². The standard InChI is InChI=1S/C13H15N5O/c14-13(15)16-7-11-6-12(19)18(17-8-11)9-10-4-2-1-3-5-10/h1-6,8H,7,9H2,(H4,14,15,16). The lowest BCUT2D eigenvalue weighted by Gasteiger charge is -2.05. The summed E-state index contributed by atoms with van der Waals surface area (Å²) in [7, 11) is 0. The van der Waals surface area contributed by atoms with Crippen LogP contribution in [0.25, 0.3) is 0 Å². The number of aliphatic imine (C=N–C) groups is 1. The molecule has 0 atom stereocenters. The van der Waals surface area contributed by atoms with Crippen LogP contribution < -0.4 is 17.0 Å². The van der Waals surface area contributed by atoms with E-state index in [0.29, 0.717) is 12.1 Å². The van der Waals surface area contributed by atoms with Gasteiger partial charge < -0.3 is 11.5 Å². The summed E-state index contributed by atoms with van der Waals surface area (Å²) in [6.45, 7) is 0.707. The van der Waals surface area contributed by atoms with Gasteiger partial charge in [-0.3, -0.25) is 4.79 Å². The molecule has 6 heteroatoms. The average Bonchev–Trinajstić information content (AvgIpc) is 2.40. The molecule has 98 valence electrons. The highest BCUT2D eigenvalue weighted by atomic mass is 16.1. The highest BCUT2D eigenvalue weighted by molar-refractivity contribution is 5.75. The topological polar surface area (TPSA) is 99.3 Å². The quantitative estimate of drug-likeness (QED) is 0.597. The Morgan fingerprint density at radius 3 is 2.58 bits per heavy atom. The minimum atomic E-state index is -0.174. The van der Waals surface area contributed by atoms with E-state index in [-0.39, 0.29) is 18.1 Å². The Morgan fingerprint density at radius 1 is 1.21 bits per heavy atom. The van der Waals surface area contributed by atoms with Crippen LogP contribution in [0.3, 0.4) is 0 Å². The lowest BCUT2D eigenvalue weighted by atomic mass is 10.2. The SMILES string of the molecule is NC(N)=NCc1cnn(Cc2ccccc2)c(=O)c1. The van der Waals surface area contributed by atoms with Gasteiger partial charge in [0.1, 0.15) is 0 Å². The molecule has 0 amide bonds. The van der Waals surface area contributed by atoms with Gasteiger partial charge in [0.25, 0.3) is 5.56 Å². The van der Waals surface area contributed by atoms with E-state index in [2.05, 4.69) is 10.1 Å². The summed E-state index contributed by atoms with van der Waals surface area (Å²) >= 11 is 0. The lowest BCUT2D eigenvalue weighted by molar-refractivity contribution is 0.633. The van der Waals surface area contributed by atoms with Crippen LogP contribution in [-0.4, -0.2) is 15.7 Å². The molecule has 0 bridgehead atoms.